The third kappa shape index (κ3) is 5.13. The number of hydrogen-bond donors (Lipinski definition) is 0. The van der Waals surface area contributed by atoms with Crippen LogP contribution >= 0.6 is 23.2 Å². The maximum atomic E-state index is 12.2. The molecule has 0 bridgehead atoms. The average Bonchev–Trinajstić information content (AvgIpc) is 3.02. The van der Waals surface area contributed by atoms with Crippen LogP contribution in [0.25, 0.3) is 0 Å². The maximum absolute atomic E-state index is 12.2. The second kappa shape index (κ2) is 9.11. The van der Waals surface area contributed by atoms with E-state index in [1.165, 1.54) is 0 Å². The van der Waals surface area contributed by atoms with Crippen molar-refractivity contribution in [2.45, 2.75) is 39.2 Å². The maximum Gasteiger partial charge on any atom is 0.338 e. The zero-order valence-corrected chi connectivity index (χ0v) is 15.7. The second-order valence-corrected chi connectivity index (χ2v) is 6.26. The van der Waals surface area contributed by atoms with Crippen LogP contribution in [0.5, 0.6) is 0 Å². The van der Waals surface area contributed by atoms with Crippen LogP contribution < -0.4 is 0 Å². The van der Waals surface area contributed by atoms with E-state index in [1.54, 1.807) is 32.0 Å². The van der Waals surface area contributed by atoms with Crippen LogP contribution in [-0.2, 0) is 23.8 Å². The van der Waals surface area contributed by atoms with Crippen molar-refractivity contribution in [3.8, 4) is 0 Å². The molecule has 0 radical (unpaired) electrons. The Balaban J connectivity index is 2.24. The summed E-state index contributed by atoms with van der Waals surface area (Å²) in [5.41, 5.74) is 0.994. The summed E-state index contributed by atoms with van der Waals surface area (Å²) in [5, 5.41) is 1.04. The van der Waals surface area contributed by atoms with Crippen LogP contribution in [0.2, 0.25) is 10.0 Å². The van der Waals surface area contributed by atoms with Gasteiger partial charge in [0, 0.05) is 22.0 Å². The van der Waals surface area contributed by atoms with Crippen molar-refractivity contribution in [2.24, 2.45) is 0 Å². The molecule has 1 aromatic rings. The van der Waals surface area contributed by atoms with E-state index in [0.717, 1.165) is 5.56 Å². The molecule has 25 heavy (non-hydrogen) atoms. The van der Waals surface area contributed by atoms with Gasteiger partial charge in [0.05, 0.1) is 25.2 Å². The number of allylic oxidation sites excluding steroid dienone is 1. The van der Waals surface area contributed by atoms with Gasteiger partial charge in [-0.05, 0) is 32.4 Å². The predicted octanol–water partition coefficient (Wildman–Crippen LogP) is 4.62. The lowest BCUT2D eigenvalue weighted by atomic mass is 10.1. The molecule has 1 fully saturated rings. The number of rotatable bonds is 6. The van der Waals surface area contributed by atoms with Gasteiger partial charge in [0.25, 0.3) is 0 Å². The number of esters is 2. The predicted molar refractivity (Wildman–Crippen MR) is 94.4 cm³/mol. The van der Waals surface area contributed by atoms with Crippen molar-refractivity contribution < 1.29 is 23.8 Å². The molecule has 5 nitrogen and oxygen atoms in total. The van der Waals surface area contributed by atoms with E-state index in [2.05, 4.69) is 0 Å². The molecule has 1 atom stereocenters. The highest BCUT2D eigenvalue weighted by molar-refractivity contribution is 6.35. The van der Waals surface area contributed by atoms with Crippen LogP contribution in [-0.4, -0.2) is 25.2 Å². The minimum Gasteiger partial charge on any atom is -0.489 e. The van der Waals surface area contributed by atoms with Crippen LogP contribution in [0.1, 0.15) is 44.8 Å². The Kier molecular flexibility index (Phi) is 7.14. The van der Waals surface area contributed by atoms with Gasteiger partial charge in [-0.15, -0.1) is 0 Å². The Morgan fingerprint density at radius 3 is 2.56 bits per heavy atom. The van der Waals surface area contributed by atoms with E-state index in [-0.39, 0.29) is 31.3 Å². The molecule has 0 aromatic heterocycles. The summed E-state index contributed by atoms with van der Waals surface area (Å²) in [7, 11) is 0. The van der Waals surface area contributed by atoms with E-state index >= 15 is 0 Å². The third-order valence-electron chi connectivity index (χ3n) is 3.71. The highest BCUT2D eigenvalue weighted by Gasteiger charge is 2.30. The molecule has 1 unspecified atom stereocenters. The Labute approximate surface area is 156 Å². The molecule has 0 spiro atoms. The largest absolute Gasteiger partial charge is 0.489 e. The lowest BCUT2D eigenvalue weighted by Crippen LogP contribution is -2.16. The first-order valence-electron chi connectivity index (χ1n) is 8.12. The summed E-state index contributed by atoms with van der Waals surface area (Å²) in [5.74, 6) is -0.606. The van der Waals surface area contributed by atoms with E-state index < -0.39 is 11.9 Å². The van der Waals surface area contributed by atoms with Crippen molar-refractivity contribution in [2.75, 3.05) is 13.2 Å². The Hall–Kier alpha value is -1.72. The summed E-state index contributed by atoms with van der Waals surface area (Å²) in [6.45, 7) is 3.87. The zero-order chi connectivity index (χ0) is 18.4. The zero-order valence-electron chi connectivity index (χ0n) is 14.1. The lowest BCUT2D eigenvalue weighted by molar-refractivity contribution is -0.146. The fourth-order valence-corrected chi connectivity index (χ4v) is 3.14. The van der Waals surface area contributed by atoms with E-state index in [0.29, 0.717) is 28.6 Å². The summed E-state index contributed by atoms with van der Waals surface area (Å²) in [6, 6.07) is 5.18. The van der Waals surface area contributed by atoms with Gasteiger partial charge in [-0.1, -0.05) is 29.3 Å². The number of hydrogen-bond acceptors (Lipinski definition) is 5. The molecule has 1 aliphatic rings. The summed E-state index contributed by atoms with van der Waals surface area (Å²) in [6.07, 6.45) is 0.675. The van der Waals surface area contributed by atoms with Crippen molar-refractivity contribution in [3.63, 3.8) is 0 Å². The van der Waals surface area contributed by atoms with Gasteiger partial charge in [0.2, 0.25) is 0 Å². The molecule has 0 saturated carbocycles. The number of ether oxygens (including phenoxy) is 3. The number of benzene rings is 1. The first kappa shape index (κ1) is 19.6. The quantitative estimate of drug-likeness (QED) is 0.527. The van der Waals surface area contributed by atoms with Gasteiger partial charge in [0.15, 0.2) is 0 Å². The smallest absolute Gasteiger partial charge is 0.338 e. The van der Waals surface area contributed by atoms with Gasteiger partial charge >= 0.3 is 11.9 Å². The van der Waals surface area contributed by atoms with E-state index in [9.17, 15) is 9.59 Å². The van der Waals surface area contributed by atoms with Gasteiger partial charge in [-0.25, -0.2) is 4.79 Å². The number of carbonyl (C=O) groups is 2. The minimum absolute atomic E-state index is 0.178. The molecule has 1 aromatic carbocycles. The van der Waals surface area contributed by atoms with E-state index in [4.69, 9.17) is 37.4 Å². The van der Waals surface area contributed by atoms with Crippen LogP contribution in [0.4, 0.5) is 0 Å². The van der Waals surface area contributed by atoms with Crippen LogP contribution in [0.15, 0.2) is 29.5 Å². The fraction of sp³-hybridized carbons (Fsp3) is 0.444. The molecule has 0 amide bonds. The normalized spacial score (nSPS) is 18.5. The molecule has 7 heteroatoms. The molecule has 0 N–H and O–H groups in total. The molecular formula is C18H20Cl2O5. The minimum atomic E-state index is -0.562. The molecule has 2 rings (SSSR count). The van der Waals surface area contributed by atoms with Crippen molar-refractivity contribution in [3.05, 3.63) is 45.1 Å². The summed E-state index contributed by atoms with van der Waals surface area (Å²) < 4.78 is 15.9. The van der Waals surface area contributed by atoms with Gasteiger partial charge in [-0.3, -0.25) is 4.79 Å². The Bertz CT molecular complexity index is 684. The summed E-state index contributed by atoms with van der Waals surface area (Å²) >= 11 is 12.1. The van der Waals surface area contributed by atoms with Crippen LogP contribution in [0, 0.1) is 0 Å². The van der Waals surface area contributed by atoms with Crippen molar-refractivity contribution in [1.82, 2.24) is 0 Å². The SMILES string of the molecule is CCOC(=O)C/C(C(=O)OCC)=C1/CCC(c2ccc(Cl)cc2Cl)O1. The summed E-state index contributed by atoms with van der Waals surface area (Å²) in [4.78, 5) is 24.0. The highest BCUT2D eigenvalue weighted by atomic mass is 35.5. The molecule has 1 heterocycles. The molecular weight excluding hydrogens is 367 g/mol. The third-order valence-corrected chi connectivity index (χ3v) is 4.27. The van der Waals surface area contributed by atoms with Gasteiger partial charge in [0.1, 0.15) is 11.9 Å². The first-order chi connectivity index (χ1) is 12.0. The van der Waals surface area contributed by atoms with Gasteiger partial charge < -0.3 is 14.2 Å². The number of carbonyl (C=O) groups excluding carboxylic acids is 2. The monoisotopic (exact) mass is 386 g/mol. The van der Waals surface area contributed by atoms with Crippen molar-refractivity contribution >= 4 is 35.1 Å². The standard InChI is InChI=1S/C18H20Cl2O5/c1-3-23-17(21)10-13(18(22)24-4-2)16-8-7-15(25-16)12-6-5-11(19)9-14(12)20/h5-6,9,15H,3-4,7-8,10H2,1-2H3/b16-13+. The van der Waals surface area contributed by atoms with E-state index in [1.807, 2.05) is 0 Å². The average molecular weight is 387 g/mol. The number of halogens is 2. The van der Waals surface area contributed by atoms with Crippen molar-refractivity contribution in [1.29, 1.82) is 0 Å². The Morgan fingerprint density at radius 1 is 1.20 bits per heavy atom. The lowest BCUT2D eigenvalue weighted by Gasteiger charge is -2.15. The van der Waals surface area contributed by atoms with Gasteiger partial charge in [-0.2, -0.15) is 0 Å². The first-order valence-corrected chi connectivity index (χ1v) is 8.88. The van der Waals surface area contributed by atoms with Crippen LogP contribution in [0.3, 0.4) is 0 Å². The topological polar surface area (TPSA) is 61.8 Å². The molecule has 1 aliphatic heterocycles. The molecule has 1 saturated heterocycles. The molecule has 0 aliphatic carbocycles. The second-order valence-electron chi connectivity index (χ2n) is 5.42. The fourth-order valence-electron chi connectivity index (χ4n) is 2.61. The Morgan fingerprint density at radius 2 is 1.92 bits per heavy atom. The molecule has 136 valence electrons. The highest BCUT2D eigenvalue weighted by Crippen LogP contribution is 2.40.